The summed E-state index contributed by atoms with van der Waals surface area (Å²) in [5, 5.41) is 13.0. The Labute approximate surface area is 194 Å². The van der Waals surface area contributed by atoms with Gasteiger partial charge in [-0.05, 0) is 24.0 Å². The van der Waals surface area contributed by atoms with Crippen LogP contribution in [-0.2, 0) is 30.0 Å². The molecule has 1 aromatic heterocycles. The van der Waals surface area contributed by atoms with Gasteiger partial charge in [0, 0.05) is 12.3 Å². The molecule has 1 unspecified atom stereocenters. The molecule has 3 N–H and O–H groups in total. The van der Waals surface area contributed by atoms with Crippen LogP contribution < -0.4 is 16.3 Å². The summed E-state index contributed by atoms with van der Waals surface area (Å²) in [4.78, 5) is 36.1. The zero-order chi connectivity index (χ0) is 24.2. The summed E-state index contributed by atoms with van der Waals surface area (Å²) >= 11 is 6.42. The molecule has 11 nitrogen and oxygen atoms in total. The van der Waals surface area contributed by atoms with Gasteiger partial charge in [0.15, 0.2) is 6.23 Å². The Morgan fingerprint density at radius 2 is 2.06 bits per heavy atom. The van der Waals surface area contributed by atoms with Crippen LogP contribution in [0.2, 0.25) is 0 Å². The fraction of sp³-hybridized carbons (Fsp3) is 0.450. The predicted octanol–water partition coefficient (Wildman–Crippen LogP) is 1.19. The fourth-order valence-corrected chi connectivity index (χ4v) is 4.28. The lowest BCUT2D eigenvalue weighted by Gasteiger charge is -2.26. The number of nitrogens with zero attached hydrogens (tertiary/aromatic N) is 1. The lowest BCUT2D eigenvalue weighted by molar-refractivity contribution is -0.146. The smallest absolute Gasteiger partial charge is 0.460 e. The number of halogens is 1. The first-order valence-corrected chi connectivity index (χ1v) is 11.6. The van der Waals surface area contributed by atoms with Gasteiger partial charge in [0.2, 0.25) is 0 Å². The number of ether oxygens (including phenoxy) is 2. The van der Waals surface area contributed by atoms with E-state index < -0.39 is 54.7 Å². The molecule has 178 valence electrons. The lowest BCUT2D eigenvalue weighted by Crippen LogP contribution is -2.43. The van der Waals surface area contributed by atoms with E-state index in [0.717, 1.165) is 16.2 Å². The normalized spacial score (nSPS) is 26.1. The Morgan fingerprint density at radius 3 is 2.73 bits per heavy atom. The first-order chi connectivity index (χ1) is 15.6. The van der Waals surface area contributed by atoms with Gasteiger partial charge in [0.05, 0.1) is 0 Å². The predicted molar refractivity (Wildman–Crippen MR) is 118 cm³/mol. The summed E-state index contributed by atoms with van der Waals surface area (Å²) in [6.07, 6.45) is -2.24. The number of rotatable bonds is 9. The Kier molecular flexibility index (Phi) is 8.17. The van der Waals surface area contributed by atoms with Crippen LogP contribution in [0.5, 0.6) is 0 Å². The Hall–Kier alpha value is -2.40. The zero-order valence-corrected chi connectivity index (χ0v) is 19.5. The SMILES string of the molecule is C[C@@H](N[P+](=O)OC[C@H]1O[C@@H](n2ccc(=O)[nH]c2=O)[C@](C)(Cl)[C@@H]1O)C(=O)OCc1ccccc1. The molecule has 6 atom stereocenters. The highest BCUT2D eigenvalue weighted by Gasteiger charge is 2.54. The van der Waals surface area contributed by atoms with Crippen LogP contribution in [0.15, 0.2) is 52.2 Å². The van der Waals surface area contributed by atoms with Gasteiger partial charge >= 0.3 is 19.8 Å². The number of aliphatic hydroxyl groups is 1. The molecular weight excluding hydrogens is 477 g/mol. The van der Waals surface area contributed by atoms with Gasteiger partial charge in [-0.2, -0.15) is 0 Å². The van der Waals surface area contributed by atoms with Crippen molar-refractivity contribution in [2.24, 2.45) is 0 Å². The molecule has 0 radical (unpaired) electrons. The van der Waals surface area contributed by atoms with Gasteiger partial charge < -0.3 is 14.6 Å². The first-order valence-electron chi connectivity index (χ1n) is 10.0. The lowest BCUT2D eigenvalue weighted by atomic mass is 10.0. The molecule has 3 rings (SSSR count). The minimum atomic E-state index is -2.51. The number of esters is 1. The number of carbonyl (C=O) groups excluding carboxylic acids is 1. The summed E-state index contributed by atoms with van der Waals surface area (Å²) in [7, 11) is -2.51. The number of aliphatic hydroxyl groups excluding tert-OH is 1. The highest BCUT2D eigenvalue weighted by Crippen LogP contribution is 2.43. The number of aromatic amines is 1. The summed E-state index contributed by atoms with van der Waals surface area (Å²) in [6.45, 7) is 2.67. The van der Waals surface area contributed by atoms with E-state index >= 15 is 0 Å². The minimum absolute atomic E-state index is 0.0747. The van der Waals surface area contributed by atoms with Crippen molar-refractivity contribution in [3.8, 4) is 0 Å². The van der Waals surface area contributed by atoms with Gasteiger partial charge in [-0.3, -0.25) is 19.1 Å². The van der Waals surface area contributed by atoms with Gasteiger partial charge in [0.1, 0.15) is 36.3 Å². The van der Waals surface area contributed by atoms with Crippen molar-refractivity contribution in [3.05, 3.63) is 69.0 Å². The molecule has 0 saturated carbocycles. The van der Waals surface area contributed by atoms with Crippen LogP contribution in [-0.4, -0.2) is 50.4 Å². The van der Waals surface area contributed by atoms with Crippen LogP contribution in [0.3, 0.4) is 0 Å². The number of benzene rings is 1. The maximum Gasteiger partial charge on any atom is 0.613 e. The fourth-order valence-electron chi connectivity index (χ4n) is 3.21. The van der Waals surface area contributed by atoms with E-state index in [0.29, 0.717) is 0 Å². The molecule has 1 aliphatic rings. The number of alkyl halides is 1. The van der Waals surface area contributed by atoms with Gasteiger partial charge in [0.25, 0.3) is 5.56 Å². The van der Waals surface area contributed by atoms with Crippen molar-refractivity contribution in [1.29, 1.82) is 0 Å². The molecule has 0 bridgehead atoms. The molecule has 0 aliphatic carbocycles. The van der Waals surface area contributed by atoms with E-state index in [9.17, 15) is 24.1 Å². The van der Waals surface area contributed by atoms with Crippen LogP contribution >= 0.6 is 19.8 Å². The number of aromatic nitrogens is 2. The van der Waals surface area contributed by atoms with Crippen LogP contribution in [0.4, 0.5) is 0 Å². The van der Waals surface area contributed by atoms with E-state index in [4.69, 9.17) is 25.6 Å². The molecule has 1 fully saturated rings. The number of hydrogen-bond acceptors (Lipinski definition) is 8. The Bertz CT molecular complexity index is 1110. The maximum atomic E-state index is 12.2. The molecule has 13 heteroatoms. The molecule has 2 aromatic rings. The molecule has 0 spiro atoms. The second kappa shape index (κ2) is 10.7. The van der Waals surface area contributed by atoms with Crippen molar-refractivity contribution >= 4 is 25.7 Å². The number of hydrogen-bond donors (Lipinski definition) is 3. The van der Waals surface area contributed by atoms with Gasteiger partial charge in [-0.15, -0.1) is 16.1 Å². The van der Waals surface area contributed by atoms with Crippen molar-refractivity contribution in [3.63, 3.8) is 0 Å². The third-order valence-electron chi connectivity index (χ3n) is 5.05. The molecule has 1 saturated heterocycles. The second-order valence-electron chi connectivity index (χ2n) is 7.64. The van der Waals surface area contributed by atoms with E-state index in [1.807, 2.05) is 18.2 Å². The number of nitrogens with one attached hydrogen (secondary N) is 2. The topological polar surface area (TPSA) is 149 Å². The maximum absolute atomic E-state index is 12.2. The van der Waals surface area contributed by atoms with Crippen molar-refractivity contribution in [2.45, 2.75) is 49.8 Å². The average Bonchev–Trinajstić information content (AvgIpc) is 3.00. The third-order valence-corrected chi connectivity index (χ3v) is 6.45. The largest absolute Gasteiger partial charge is 0.613 e. The van der Waals surface area contributed by atoms with Crippen LogP contribution in [0, 0.1) is 0 Å². The zero-order valence-electron chi connectivity index (χ0n) is 17.8. The monoisotopic (exact) mass is 500 g/mol. The minimum Gasteiger partial charge on any atom is -0.460 e. The van der Waals surface area contributed by atoms with Gasteiger partial charge in [-0.25, -0.2) is 4.79 Å². The third kappa shape index (κ3) is 6.14. The highest BCUT2D eigenvalue weighted by molar-refractivity contribution is 7.36. The summed E-state index contributed by atoms with van der Waals surface area (Å²) in [5.41, 5.74) is -0.541. The van der Waals surface area contributed by atoms with E-state index in [1.165, 1.54) is 20.0 Å². The first kappa shape index (κ1) is 25.2. The number of carbonyl (C=O) groups is 1. The van der Waals surface area contributed by atoms with E-state index in [-0.39, 0.29) is 13.2 Å². The summed E-state index contributed by atoms with van der Waals surface area (Å²) in [5.74, 6) is -0.617. The standard InChI is InChI=1S/C20H23ClN3O8P/c1-12(17(27)30-10-13-6-4-3-5-7-13)23-33(29)31-11-14-16(26)20(2,21)18(32-14)24-9-8-15(25)22-19(24)28/h3-9,12,14,16,18,26H,10-11H2,1-2H3,(H-,22,23,25,28,29)/p+1/t12-,14-,16-,18-,20-/m1/s1. The molecule has 2 heterocycles. The molecule has 0 amide bonds. The molecular formula is C20H24ClN3O8P+. The summed E-state index contributed by atoms with van der Waals surface area (Å²) in [6, 6.07) is 9.29. The molecule has 1 aromatic carbocycles. The van der Waals surface area contributed by atoms with E-state index in [1.54, 1.807) is 12.1 Å². The molecule has 33 heavy (non-hydrogen) atoms. The van der Waals surface area contributed by atoms with Crippen LogP contribution in [0.25, 0.3) is 0 Å². The van der Waals surface area contributed by atoms with Crippen molar-refractivity contribution < 1.29 is 28.5 Å². The Balaban J connectivity index is 1.52. The van der Waals surface area contributed by atoms with E-state index in [2.05, 4.69) is 10.1 Å². The highest BCUT2D eigenvalue weighted by atomic mass is 35.5. The van der Waals surface area contributed by atoms with Crippen molar-refractivity contribution in [2.75, 3.05) is 6.61 Å². The second-order valence-corrected chi connectivity index (χ2v) is 9.48. The van der Waals surface area contributed by atoms with Crippen molar-refractivity contribution in [1.82, 2.24) is 14.6 Å². The van der Waals surface area contributed by atoms with Gasteiger partial charge in [-0.1, -0.05) is 35.4 Å². The Morgan fingerprint density at radius 1 is 1.36 bits per heavy atom. The summed E-state index contributed by atoms with van der Waals surface area (Å²) < 4.78 is 29.3. The number of H-pyrrole nitrogens is 1. The molecule has 1 aliphatic heterocycles. The average molecular weight is 501 g/mol. The van der Waals surface area contributed by atoms with Crippen LogP contribution in [0.1, 0.15) is 25.6 Å². The quantitative estimate of drug-likeness (QED) is 0.262.